The molecule has 0 aromatic carbocycles. The van der Waals surface area contributed by atoms with Crippen LogP contribution in [-0.2, 0) is 12.8 Å². The summed E-state index contributed by atoms with van der Waals surface area (Å²) in [7, 11) is 0. The SMILES string of the molecule is CCNC(=S)Nc1ccnc2c1CCCC2. The average Bonchev–Trinajstić information content (AvgIpc) is 2.30. The third-order valence-corrected chi connectivity index (χ3v) is 3.07. The van der Waals surface area contributed by atoms with Gasteiger partial charge in [-0.25, -0.2) is 0 Å². The number of nitrogens with one attached hydrogen (secondary N) is 2. The van der Waals surface area contributed by atoms with E-state index in [4.69, 9.17) is 12.2 Å². The van der Waals surface area contributed by atoms with Crippen molar-refractivity contribution in [3.8, 4) is 0 Å². The van der Waals surface area contributed by atoms with E-state index in [0.29, 0.717) is 5.11 Å². The van der Waals surface area contributed by atoms with Crippen molar-refractivity contribution in [3.05, 3.63) is 23.5 Å². The first-order chi connectivity index (χ1) is 7.81. The minimum Gasteiger partial charge on any atom is -0.363 e. The fourth-order valence-electron chi connectivity index (χ4n) is 2.07. The first-order valence-electron chi connectivity index (χ1n) is 5.83. The lowest BCUT2D eigenvalue weighted by Crippen LogP contribution is -2.28. The molecule has 0 unspecified atom stereocenters. The lowest BCUT2D eigenvalue weighted by atomic mass is 9.95. The molecule has 1 aromatic heterocycles. The maximum Gasteiger partial charge on any atom is 0.170 e. The predicted octanol–water partition coefficient (Wildman–Crippen LogP) is 2.27. The van der Waals surface area contributed by atoms with Crippen molar-refractivity contribution in [2.24, 2.45) is 0 Å². The van der Waals surface area contributed by atoms with E-state index in [1.807, 2.05) is 19.2 Å². The largest absolute Gasteiger partial charge is 0.363 e. The average molecular weight is 235 g/mol. The molecule has 16 heavy (non-hydrogen) atoms. The standard InChI is InChI=1S/C12H17N3S/c1-2-13-12(16)15-11-7-8-14-10-6-4-3-5-9(10)11/h7-8H,2-6H2,1H3,(H2,13,14,15,16). The highest BCUT2D eigenvalue weighted by Gasteiger charge is 2.14. The summed E-state index contributed by atoms with van der Waals surface area (Å²) >= 11 is 5.20. The number of anilines is 1. The number of hydrogen-bond acceptors (Lipinski definition) is 2. The summed E-state index contributed by atoms with van der Waals surface area (Å²) in [4.78, 5) is 4.43. The van der Waals surface area contributed by atoms with Crippen LogP contribution in [0.2, 0.25) is 0 Å². The molecule has 0 saturated carbocycles. The van der Waals surface area contributed by atoms with Gasteiger partial charge in [0.25, 0.3) is 0 Å². The van der Waals surface area contributed by atoms with E-state index in [-0.39, 0.29) is 0 Å². The maximum atomic E-state index is 5.20. The Morgan fingerprint density at radius 2 is 2.25 bits per heavy atom. The van der Waals surface area contributed by atoms with E-state index in [9.17, 15) is 0 Å². The second-order valence-corrected chi connectivity index (χ2v) is 4.38. The number of aromatic nitrogens is 1. The molecule has 1 aliphatic carbocycles. The van der Waals surface area contributed by atoms with Gasteiger partial charge in [0.1, 0.15) is 0 Å². The van der Waals surface area contributed by atoms with Crippen LogP contribution in [0.5, 0.6) is 0 Å². The second kappa shape index (κ2) is 5.25. The van der Waals surface area contributed by atoms with Crippen LogP contribution in [-0.4, -0.2) is 16.6 Å². The van der Waals surface area contributed by atoms with Gasteiger partial charge in [-0.3, -0.25) is 4.98 Å². The monoisotopic (exact) mass is 235 g/mol. The molecule has 0 atom stereocenters. The molecule has 4 heteroatoms. The van der Waals surface area contributed by atoms with Gasteiger partial charge in [-0.1, -0.05) is 0 Å². The normalized spacial score (nSPS) is 14.1. The maximum absolute atomic E-state index is 5.20. The lowest BCUT2D eigenvalue weighted by molar-refractivity contribution is 0.669. The lowest BCUT2D eigenvalue weighted by Gasteiger charge is -2.19. The Labute approximate surface area is 102 Å². The summed E-state index contributed by atoms with van der Waals surface area (Å²) in [5.41, 5.74) is 3.69. The van der Waals surface area contributed by atoms with Crippen molar-refractivity contribution < 1.29 is 0 Å². The Bertz CT molecular complexity index is 390. The number of rotatable bonds is 2. The van der Waals surface area contributed by atoms with E-state index in [2.05, 4.69) is 15.6 Å². The zero-order valence-electron chi connectivity index (χ0n) is 9.55. The molecule has 2 rings (SSSR count). The topological polar surface area (TPSA) is 37.0 Å². The summed E-state index contributed by atoms with van der Waals surface area (Å²) in [6.45, 7) is 2.88. The van der Waals surface area contributed by atoms with Crippen LogP contribution in [0.4, 0.5) is 5.69 Å². The number of thiocarbonyl (C=S) groups is 1. The number of aryl methyl sites for hydroxylation is 1. The minimum absolute atomic E-state index is 0.696. The molecule has 1 aromatic rings. The smallest absolute Gasteiger partial charge is 0.170 e. The first-order valence-corrected chi connectivity index (χ1v) is 6.23. The Hall–Kier alpha value is -1.16. The molecule has 0 aliphatic heterocycles. The van der Waals surface area contributed by atoms with Gasteiger partial charge in [0.15, 0.2) is 5.11 Å². The zero-order chi connectivity index (χ0) is 11.4. The van der Waals surface area contributed by atoms with Crippen LogP contribution in [0.1, 0.15) is 31.0 Å². The molecule has 1 aliphatic rings. The van der Waals surface area contributed by atoms with Crippen molar-refractivity contribution in [1.29, 1.82) is 0 Å². The van der Waals surface area contributed by atoms with Crippen LogP contribution in [0.25, 0.3) is 0 Å². The highest BCUT2D eigenvalue weighted by atomic mass is 32.1. The van der Waals surface area contributed by atoms with Gasteiger partial charge >= 0.3 is 0 Å². The van der Waals surface area contributed by atoms with Gasteiger partial charge in [-0.05, 0) is 56.5 Å². The van der Waals surface area contributed by atoms with Gasteiger partial charge in [0.2, 0.25) is 0 Å². The third-order valence-electron chi connectivity index (χ3n) is 2.82. The van der Waals surface area contributed by atoms with Crippen LogP contribution >= 0.6 is 12.2 Å². The Balaban J connectivity index is 2.17. The van der Waals surface area contributed by atoms with E-state index in [1.165, 1.54) is 24.1 Å². The number of hydrogen-bond donors (Lipinski definition) is 2. The first kappa shape index (κ1) is 11.3. The summed E-state index contributed by atoms with van der Waals surface area (Å²) in [5, 5.41) is 7.05. The minimum atomic E-state index is 0.696. The fraction of sp³-hybridized carbons (Fsp3) is 0.500. The molecule has 0 radical (unpaired) electrons. The van der Waals surface area contributed by atoms with E-state index in [0.717, 1.165) is 25.1 Å². The van der Waals surface area contributed by atoms with Gasteiger partial charge in [-0.2, -0.15) is 0 Å². The molecule has 0 spiro atoms. The molecule has 86 valence electrons. The molecule has 0 amide bonds. The highest BCUT2D eigenvalue weighted by Crippen LogP contribution is 2.25. The summed E-state index contributed by atoms with van der Waals surface area (Å²) in [6, 6.07) is 2.01. The van der Waals surface area contributed by atoms with Gasteiger partial charge < -0.3 is 10.6 Å². The Kier molecular flexibility index (Phi) is 3.72. The van der Waals surface area contributed by atoms with E-state index >= 15 is 0 Å². The molecule has 0 saturated heterocycles. The number of fused-ring (bicyclic) bond motifs is 1. The molecule has 3 nitrogen and oxygen atoms in total. The predicted molar refractivity (Wildman–Crippen MR) is 70.8 cm³/mol. The van der Waals surface area contributed by atoms with Crippen molar-refractivity contribution in [2.45, 2.75) is 32.6 Å². The van der Waals surface area contributed by atoms with Crippen LogP contribution in [0.3, 0.4) is 0 Å². The zero-order valence-corrected chi connectivity index (χ0v) is 10.4. The summed E-state index contributed by atoms with van der Waals surface area (Å²) in [5.74, 6) is 0. The Morgan fingerprint density at radius 3 is 3.06 bits per heavy atom. The second-order valence-electron chi connectivity index (χ2n) is 3.98. The molecule has 2 N–H and O–H groups in total. The van der Waals surface area contributed by atoms with Crippen molar-refractivity contribution in [1.82, 2.24) is 10.3 Å². The van der Waals surface area contributed by atoms with Crippen molar-refractivity contribution in [3.63, 3.8) is 0 Å². The number of pyridine rings is 1. The van der Waals surface area contributed by atoms with Gasteiger partial charge in [-0.15, -0.1) is 0 Å². The van der Waals surface area contributed by atoms with Crippen LogP contribution in [0.15, 0.2) is 12.3 Å². The molecule has 1 heterocycles. The van der Waals surface area contributed by atoms with Crippen molar-refractivity contribution >= 4 is 23.0 Å². The van der Waals surface area contributed by atoms with E-state index < -0.39 is 0 Å². The summed E-state index contributed by atoms with van der Waals surface area (Å²) in [6.07, 6.45) is 6.57. The van der Waals surface area contributed by atoms with Crippen LogP contribution in [0, 0.1) is 0 Å². The quantitative estimate of drug-likeness (QED) is 0.771. The van der Waals surface area contributed by atoms with Crippen LogP contribution < -0.4 is 10.6 Å². The van der Waals surface area contributed by atoms with Gasteiger partial charge in [0.05, 0.1) is 0 Å². The molecular weight excluding hydrogens is 218 g/mol. The number of nitrogens with zero attached hydrogens (tertiary/aromatic N) is 1. The van der Waals surface area contributed by atoms with E-state index in [1.54, 1.807) is 0 Å². The van der Waals surface area contributed by atoms with Crippen molar-refractivity contribution in [2.75, 3.05) is 11.9 Å². The molecular formula is C12H17N3S. The molecule has 0 fully saturated rings. The third kappa shape index (κ3) is 2.50. The Morgan fingerprint density at radius 1 is 1.44 bits per heavy atom. The fourth-order valence-corrected chi connectivity index (χ4v) is 2.32. The van der Waals surface area contributed by atoms with Gasteiger partial charge in [0, 0.05) is 24.1 Å². The highest BCUT2D eigenvalue weighted by molar-refractivity contribution is 7.80. The summed E-state index contributed by atoms with van der Waals surface area (Å²) < 4.78 is 0. The molecule has 0 bridgehead atoms.